The maximum Gasteiger partial charge on any atom is 0.352 e. The predicted molar refractivity (Wildman–Crippen MR) is 53.4 cm³/mol. The zero-order chi connectivity index (χ0) is 13.5. The highest BCUT2D eigenvalue weighted by Crippen LogP contribution is 2.41. The van der Waals surface area contributed by atoms with Gasteiger partial charge in [-0.15, -0.1) is 0 Å². The van der Waals surface area contributed by atoms with E-state index in [1.165, 1.54) is 0 Å². The fourth-order valence-electron chi connectivity index (χ4n) is 1.74. The van der Waals surface area contributed by atoms with Gasteiger partial charge >= 0.3 is 5.69 Å². The van der Waals surface area contributed by atoms with E-state index in [1.807, 2.05) is 0 Å². The summed E-state index contributed by atoms with van der Waals surface area (Å²) in [7, 11) is 0. The smallest absolute Gasteiger partial charge is 0.352 e. The van der Waals surface area contributed by atoms with Crippen molar-refractivity contribution in [2.75, 3.05) is 12.3 Å². The highest BCUT2D eigenvalue weighted by atomic mass is 19.3. The van der Waals surface area contributed by atoms with Crippen molar-refractivity contribution in [3.63, 3.8) is 0 Å². The molecular formula is C9H10F3N3O3. The predicted octanol–water partition coefficient (Wildman–Crippen LogP) is -0.120. The SMILES string of the molecule is Nc1nc(=O)n([C@H]2O[C@@H](CO)CC2(F)F)cc1F. The second kappa shape index (κ2) is 4.25. The van der Waals surface area contributed by atoms with Gasteiger partial charge in [-0.25, -0.2) is 18.0 Å². The molecule has 0 bridgehead atoms. The number of aliphatic hydroxyl groups is 1. The van der Waals surface area contributed by atoms with Crippen LogP contribution in [0, 0.1) is 5.82 Å². The molecule has 1 aromatic rings. The normalized spacial score (nSPS) is 26.4. The number of hydrogen-bond donors (Lipinski definition) is 2. The first-order chi connectivity index (χ1) is 8.35. The average molecular weight is 265 g/mol. The van der Waals surface area contributed by atoms with Crippen LogP contribution in [-0.4, -0.2) is 33.3 Å². The molecule has 0 aliphatic carbocycles. The lowest BCUT2D eigenvalue weighted by Crippen LogP contribution is -2.35. The summed E-state index contributed by atoms with van der Waals surface area (Å²) < 4.78 is 45.4. The van der Waals surface area contributed by atoms with Gasteiger partial charge in [0.2, 0.25) is 6.23 Å². The molecule has 1 fully saturated rings. The summed E-state index contributed by atoms with van der Waals surface area (Å²) in [4.78, 5) is 14.5. The molecule has 0 spiro atoms. The lowest BCUT2D eigenvalue weighted by atomic mass is 10.2. The zero-order valence-corrected chi connectivity index (χ0v) is 9.02. The zero-order valence-electron chi connectivity index (χ0n) is 9.02. The van der Waals surface area contributed by atoms with Crippen molar-refractivity contribution in [3.05, 3.63) is 22.5 Å². The van der Waals surface area contributed by atoms with Crippen molar-refractivity contribution in [2.45, 2.75) is 24.7 Å². The van der Waals surface area contributed by atoms with E-state index in [2.05, 4.69) is 4.98 Å². The minimum Gasteiger partial charge on any atom is -0.394 e. The summed E-state index contributed by atoms with van der Waals surface area (Å²) >= 11 is 0. The van der Waals surface area contributed by atoms with Crippen molar-refractivity contribution < 1.29 is 23.0 Å². The Morgan fingerprint density at radius 1 is 1.67 bits per heavy atom. The van der Waals surface area contributed by atoms with Crippen molar-refractivity contribution in [3.8, 4) is 0 Å². The van der Waals surface area contributed by atoms with Crippen LogP contribution in [0.2, 0.25) is 0 Å². The molecular weight excluding hydrogens is 255 g/mol. The van der Waals surface area contributed by atoms with Gasteiger partial charge in [0, 0.05) is 6.42 Å². The molecule has 6 nitrogen and oxygen atoms in total. The number of nitrogen functional groups attached to an aromatic ring is 1. The molecule has 1 aliphatic rings. The van der Waals surface area contributed by atoms with Gasteiger partial charge in [0.1, 0.15) is 0 Å². The van der Waals surface area contributed by atoms with E-state index < -0.39 is 48.6 Å². The second-order valence-corrected chi connectivity index (χ2v) is 3.92. The molecule has 1 aliphatic heterocycles. The van der Waals surface area contributed by atoms with Gasteiger partial charge in [-0.2, -0.15) is 4.98 Å². The molecule has 0 radical (unpaired) electrons. The van der Waals surface area contributed by atoms with E-state index in [-0.39, 0.29) is 0 Å². The molecule has 9 heteroatoms. The van der Waals surface area contributed by atoms with Gasteiger partial charge in [-0.05, 0) is 0 Å². The molecule has 2 rings (SSSR count). The third kappa shape index (κ3) is 2.06. The van der Waals surface area contributed by atoms with E-state index in [1.54, 1.807) is 0 Å². The highest BCUT2D eigenvalue weighted by Gasteiger charge is 2.51. The minimum atomic E-state index is -3.40. The Hall–Kier alpha value is -1.61. The van der Waals surface area contributed by atoms with Crippen LogP contribution in [0.1, 0.15) is 12.6 Å². The molecule has 3 N–H and O–H groups in total. The molecule has 100 valence electrons. The number of alkyl halides is 2. The first kappa shape index (κ1) is 12.8. The van der Waals surface area contributed by atoms with Crippen LogP contribution in [-0.2, 0) is 4.74 Å². The van der Waals surface area contributed by atoms with Crippen LogP contribution >= 0.6 is 0 Å². The topological polar surface area (TPSA) is 90.4 Å². The maximum atomic E-state index is 13.6. The van der Waals surface area contributed by atoms with Crippen LogP contribution in [0.15, 0.2) is 11.0 Å². The van der Waals surface area contributed by atoms with Crippen LogP contribution in [0.25, 0.3) is 0 Å². The monoisotopic (exact) mass is 265 g/mol. The lowest BCUT2D eigenvalue weighted by Gasteiger charge is -2.19. The van der Waals surface area contributed by atoms with Crippen LogP contribution in [0.3, 0.4) is 0 Å². The van der Waals surface area contributed by atoms with Crippen molar-refractivity contribution in [1.29, 1.82) is 0 Å². The molecule has 0 saturated carbocycles. The van der Waals surface area contributed by atoms with Gasteiger partial charge < -0.3 is 15.6 Å². The molecule has 1 aromatic heterocycles. The summed E-state index contributed by atoms with van der Waals surface area (Å²) in [5, 5.41) is 8.78. The van der Waals surface area contributed by atoms with E-state index >= 15 is 0 Å². The number of aromatic nitrogens is 2. The number of halogens is 3. The number of aliphatic hydroxyl groups excluding tert-OH is 1. The van der Waals surface area contributed by atoms with Crippen LogP contribution < -0.4 is 11.4 Å². The van der Waals surface area contributed by atoms with Crippen molar-refractivity contribution in [2.24, 2.45) is 0 Å². The van der Waals surface area contributed by atoms with E-state index in [9.17, 15) is 18.0 Å². The summed E-state index contributed by atoms with van der Waals surface area (Å²) in [5.74, 6) is -5.17. The quantitative estimate of drug-likeness (QED) is 0.778. The molecule has 0 amide bonds. The Morgan fingerprint density at radius 2 is 2.33 bits per heavy atom. The van der Waals surface area contributed by atoms with E-state index in [4.69, 9.17) is 15.6 Å². The molecule has 18 heavy (non-hydrogen) atoms. The molecule has 0 unspecified atom stereocenters. The third-order valence-electron chi connectivity index (χ3n) is 2.57. The van der Waals surface area contributed by atoms with Crippen molar-refractivity contribution >= 4 is 5.82 Å². The van der Waals surface area contributed by atoms with Gasteiger partial charge in [0.15, 0.2) is 11.6 Å². The fourth-order valence-corrected chi connectivity index (χ4v) is 1.74. The Morgan fingerprint density at radius 3 is 2.89 bits per heavy atom. The van der Waals surface area contributed by atoms with Gasteiger partial charge in [-0.1, -0.05) is 0 Å². The first-order valence-corrected chi connectivity index (χ1v) is 5.03. The number of anilines is 1. The van der Waals surface area contributed by atoms with Crippen molar-refractivity contribution in [1.82, 2.24) is 9.55 Å². The highest BCUT2D eigenvalue weighted by molar-refractivity contribution is 5.26. The molecule has 0 aromatic carbocycles. The minimum absolute atomic E-state index is 0.335. The van der Waals surface area contributed by atoms with Gasteiger partial charge in [0.05, 0.1) is 18.9 Å². The Balaban J connectivity index is 2.43. The lowest BCUT2D eigenvalue weighted by molar-refractivity contribution is -0.120. The number of ether oxygens (including phenoxy) is 1. The third-order valence-corrected chi connectivity index (χ3v) is 2.57. The Kier molecular flexibility index (Phi) is 3.03. The van der Waals surface area contributed by atoms with Crippen LogP contribution in [0.5, 0.6) is 0 Å². The summed E-state index contributed by atoms with van der Waals surface area (Å²) in [5.41, 5.74) is 3.90. The standard InChI is InChI=1S/C9H10F3N3O3/c10-5-2-15(8(17)14-6(5)13)7-9(11,12)1-4(3-16)18-7/h2,4,7,16H,1,3H2,(H2,13,14,17)/t4-,7+/m1/s1. The van der Waals surface area contributed by atoms with Gasteiger partial charge in [-0.3, -0.25) is 4.57 Å². The Bertz CT molecular complexity index is 520. The summed E-state index contributed by atoms with van der Waals surface area (Å²) in [6.45, 7) is -0.619. The number of nitrogens with two attached hydrogens (primary N) is 1. The first-order valence-electron chi connectivity index (χ1n) is 5.03. The van der Waals surface area contributed by atoms with E-state index in [0.29, 0.717) is 10.8 Å². The van der Waals surface area contributed by atoms with Gasteiger partial charge in [0.25, 0.3) is 5.92 Å². The number of hydrogen-bond acceptors (Lipinski definition) is 5. The Labute approximate surface area is 98.8 Å². The fraction of sp³-hybridized carbons (Fsp3) is 0.556. The number of nitrogens with zero attached hydrogens (tertiary/aromatic N) is 2. The summed E-state index contributed by atoms with van der Waals surface area (Å²) in [6.07, 6.45) is -3.35. The molecule has 1 saturated heterocycles. The average Bonchev–Trinajstić information content (AvgIpc) is 2.59. The molecule has 2 heterocycles. The largest absolute Gasteiger partial charge is 0.394 e. The van der Waals surface area contributed by atoms with Crippen LogP contribution in [0.4, 0.5) is 19.0 Å². The molecule has 2 atom stereocenters. The summed E-state index contributed by atoms with van der Waals surface area (Å²) in [6, 6.07) is 0. The maximum absolute atomic E-state index is 13.6. The second-order valence-electron chi connectivity index (χ2n) is 3.92. The number of rotatable bonds is 2. The van der Waals surface area contributed by atoms with E-state index in [0.717, 1.165) is 0 Å².